The van der Waals surface area contributed by atoms with Crippen molar-refractivity contribution in [2.24, 2.45) is 0 Å². The van der Waals surface area contributed by atoms with Crippen LogP contribution in [0.15, 0.2) is 47.0 Å². The largest absolute Gasteiger partial charge is 0.455 e. The third kappa shape index (κ3) is 3.40. The van der Waals surface area contributed by atoms with Crippen molar-refractivity contribution in [3.63, 3.8) is 0 Å². The van der Waals surface area contributed by atoms with Gasteiger partial charge in [0.25, 0.3) is 0 Å². The lowest BCUT2D eigenvalue weighted by Crippen LogP contribution is -2.08. The van der Waals surface area contributed by atoms with Crippen molar-refractivity contribution in [1.82, 2.24) is 9.72 Å². The standard InChI is InChI=1S/C19H20N2O3/c1-13-9-18(19(22)23-12-17-10-14(2)24-20-17)15(3)21(13)11-16-7-5-4-6-8-16/h4-10H,11-12H2,1-3H3. The molecule has 0 aliphatic rings. The van der Waals surface area contributed by atoms with Crippen LogP contribution in [0.1, 0.15) is 38.8 Å². The van der Waals surface area contributed by atoms with Crippen molar-refractivity contribution in [1.29, 1.82) is 0 Å². The first kappa shape index (κ1) is 16.1. The van der Waals surface area contributed by atoms with Gasteiger partial charge in [-0.3, -0.25) is 0 Å². The summed E-state index contributed by atoms with van der Waals surface area (Å²) < 4.78 is 12.4. The van der Waals surface area contributed by atoms with E-state index >= 15 is 0 Å². The van der Waals surface area contributed by atoms with Crippen LogP contribution in [0.3, 0.4) is 0 Å². The maximum Gasteiger partial charge on any atom is 0.340 e. The Kier molecular flexibility index (Phi) is 4.51. The second-order valence-corrected chi connectivity index (χ2v) is 5.86. The summed E-state index contributed by atoms with van der Waals surface area (Å²) in [6, 6.07) is 13.8. The summed E-state index contributed by atoms with van der Waals surface area (Å²) in [5.74, 6) is 0.352. The van der Waals surface area contributed by atoms with Crippen molar-refractivity contribution < 1.29 is 14.1 Å². The van der Waals surface area contributed by atoms with E-state index in [9.17, 15) is 4.79 Å². The van der Waals surface area contributed by atoms with E-state index in [1.807, 2.05) is 38.1 Å². The minimum absolute atomic E-state index is 0.110. The Morgan fingerprint density at radius 2 is 1.92 bits per heavy atom. The van der Waals surface area contributed by atoms with Gasteiger partial charge >= 0.3 is 5.97 Å². The number of nitrogens with zero attached hydrogens (tertiary/aromatic N) is 2. The molecule has 0 bridgehead atoms. The van der Waals surface area contributed by atoms with Gasteiger partial charge in [-0.05, 0) is 32.4 Å². The van der Waals surface area contributed by atoms with Crippen LogP contribution >= 0.6 is 0 Å². The van der Waals surface area contributed by atoms with Gasteiger partial charge in [-0.25, -0.2) is 4.79 Å². The fourth-order valence-electron chi connectivity index (χ4n) is 2.72. The predicted octanol–water partition coefficient (Wildman–Crippen LogP) is 3.81. The van der Waals surface area contributed by atoms with E-state index < -0.39 is 0 Å². The van der Waals surface area contributed by atoms with Gasteiger partial charge in [0.1, 0.15) is 18.1 Å². The van der Waals surface area contributed by atoms with E-state index in [4.69, 9.17) is 9.26 Å². The van der Waals surface area contributed by atoms with Crippen molar-refractivity contribution in [2.45, 2.75) is 33.9 Å². The molecule has 0 atom stereocenters. The molecule has 0 saturated carbocycles. The average molecular weight is 324 g/mol. The second-order valence-electron chi connectivity index (χ2n) is 5.86. The molecule has 2 heterocycles. The number of benzene rings is 1. The molecule has 3 aromatic rings. The van der Waals surface area contributed by atoms with Crippen LogP contribution in [0.25, 0.3) is 0 Å². The molecule has 0 spiro atoms. The molecule has 0 aliphatic carbocycles. The van der Waals surface area contributed by atoms with Crippen LogP contribution in [0.5, 0.6) is 0 Å². The number of hydrogen-bond acceptors (Lipinski definition) is 4. The Balaban J connectivity index is 1.74. The van der Waals surface area contributed by atoms with Crippen LogP contribution in [0.4, 0.5) is 0 Å². The third-order valence-electron chi connectivity index (χ3n) is 4.00. The Bertz CT molecular complexity index is 847. The zero-order valence-corrected chi connectivity index (χ0v) is 14.1. The molecule has 0 aliphatic heterocycles. The summed E-state index contributed by atoms with van der Waals surface area (Å²) in [6.45, 7) is 6.57. The van der Waals surface area contributed by atoms with E-state index in [1.165, 1.54) is 5.56 Å². The number of aromatic nitrogens is 2. The monoisotopic (exact) mass is 324 g/mol. The summed E-state index contributed by atoms with van der Waals surface area (Å²) >= 11 is 0. The highest BCUT2D eigenvalue weighted by atomic mass is 16.5. The predicted molar refractivity (Wildman–Crippen MR) is 89.8 cm³/mol. The van der Waals surface area contributed by atoms with Gasteiger partial charge in [-0.1, -0.05) is 35.5 Å². The van der Waals surface area contributed by atoms with Crippen LogP contribution in [0.2, 0.25) is 0 Å². The van der Waals surface area contributed by atoms with Crippen molar-refractivity contribution >= 4 is 5.97 Å². The van der Waals surface area contributed by atoms with Gasteiger partial charge in [0, 0.05) is 24.0 Å². The van der Waals surface area contributed by atoms with Crippen molar-refractivity contribution in [3.8, 4) is 0 Å². The van der Waals surface area contributed by atoms with Crippen LogP contribution in [-0.2, 0) is 17.9 Å². The summed E-state index contributed by atoms with van der Waals surface area (Å²) in [5, 5.41) is 3.83. The number of esters is 1. The molecule has 0 radical (unpaired) electrons. The zero-order valence-electron chi connectivity index (χ0n) is 14.1. The topological polar surface area (TPSA) is 57.3 Å². The summed E-state index contributed by atoms with van der Waals surface area (Å²) in [6.07, 6.45) is 0. The number of carbonyl (C=O) groups excluding carboxylic acids is 1. The first-order chi connectivity index (χ1) is 11.5. The molecule has 5 heteroatoms. The summed E-state index contributed by atoms with van der Waals surface area (Å²) in [4.78, 5) is 12.4. The molecule has 0 unspecified atom stereocenters. The lowest BCUT2D eigenvalue weighted by molar-refractivity contribution is 0.0463. The molecule has 24 heavy (non-hydrogen) atoms. The molecular formula is C19H20N2O3. The Labute approximate surface area is 140 Å². The fraction of sp³-hybridized carbons (Fsp3) is 0.263. The lowest BCUT2D eigenvalue weighted by atomic mass is 10.2. The quantitative estimate of drug-likeness (QED) is 0.670. The van der Waals surface area contributed by atoms with Crippen LogP contribution < -0.4 is 0 Å². The Morgan fingerprint density at radius 3 is 2.58 bits per heavy atom. The van der Waals surface area contributed by atoms with Gasteiger partial charge in [0.05, 0.1) is 5.56 Å². The van der Waals surface area contributed by atoms with E-state index in [-0.39, 0.29) is 12.6 Å². The fourth-order valence-corrected chi connectivity index (χ4v) is 2.72. The Hall–Kier alpha value is -2.82. The molecule has 3 rings (SSSR count). The molecule has 0 amide bonds. The number of rotatable bonds is 5. The average Bonchev–Trinajstić information content (AvgIpc) is 3.12. The molecule has 2 aromatic heterocycles. The Morgan fingerprint density at radius 1 is 1.17 bits per heavy atom. The zero-order chi connectivity index (χ0) is 17.1. The minimum atomic E-state index is -0.344. The third-order valence-corrected chi connectivity index (χ3v) is 4.00. The number of aryl methyl sites for hydroxylation is 2. The second kappa shape index (κ2) is 6.74. The highest BCUT2D eigenvalue weighted by molar-refractivity contribution is 5.91. The first-order valence-corrected chi connectivity index (χ1v) is 7.84. The minimum Gasteiger partial charge on any atom is -0.455 e. The van der Waals surface area contributed by atoms with Crippen LogP contribution in [0, 0.1) is 20.8 Å². The van der Waals surface area contributed by atoms with Gasteiger partial charge in [0.15, 0.2) is 0 Å². The van der Waals surface area contributed by atoms with E-state index in [0.717, 1.165) is 17.9 Å². The van der Waals surface area contributed by atoms with Crippen LogP contribution in [-0.4, -0.2) is 15.7 Å². The molecule has 5 nitrogen and oxygen atoms in total. The van der Waals surface area contributed by atoms with Gasteiger partial charge in [0.2, 0.25) is 0 Å². The first-order valence-electron chi connectivity index (χ1n) is 7.84. The van der Waals surface area contributed by atoms with E-state index in [1.54, 1.807) is 13.0 Å². The number of hydrogen-bond donors (Lipinski definition) is 0. The van der Waals surface area contributed by atoms with Crippen molar-refractivity contribution in [3.05, 3.63) is 76.4 Å². The number of ether oxygens (including phenoxy) is 1. The number of carbonyl (C=O) groups is 1. The molecular weight excluding hydrogens is 304 g/mol. The van der Waals surface area contributed by atoms with E-state index in [2.05, 4.69) is 21.9 Å². The maximum atomic E-state index is 12.4. The summed E-state index contributed by atoms with van der Waals surface area (Å²) in [5.41, 5.74) is 4.32. The molecule has 124 valence electrons. The van der Waals surface area contributed by atoms with Gasteiger partial charge in [-0.15, -0.1) is 0 Å². The smallest absolute Gasteiger partial charge is 0.340 e. The maximum absolute atomic E-state index is 12.4. The highest BCUT2D eigenvalue weighted by Crippen LogP contribution is 2.18. The van der Waals surface area contributed by atoms with Gasteiger partial charge < -0.3 is 13.8 Å². The molecule has 0 N–H and O–H groups in total. The lowest BCUT2D eigenvalue weighted by Gasteiger charge is -2.10. The summed E-state index contributed by atoms with van der Waals surface area (Å²) in [7, 11) is 0. The molecule has 1 aromatic carbocycles. The SMILES string of the molecule is Cc1cc(COC(=O)c2cc(C)n(Cc3ccccc3)c2C)no1. The normalized spacial score (nSPS) is 10.8. The van der Waals surface area contributed by atoms with E-state index in [0.29, 0.717) is 17.0 Å². The van der Waals surface area contributed by atoms with Gasteiger partial charge in [-0.2, -0.15) is 0 Å². The van der Waals surface area contributed by atoms with Crippen molar-refractivity contribution in [2.75, 3.05) is 0 Å². The molecule has 0 fully saturated rings. The molecule has 0 saturated heterocycles. The highest BCUT2D eigenvalue weighted by Gasteiger charge is 2.17.